The van der Waals surface area contributed by atoms with Crippen LogP contribution in [0.15, 0.2) is 12.1 Å². The van der Waals surface area contributed by atoms with Crippen LogP contribution in [-0.4, -0.2) is 43.3 Å². The second-order valence-corrected chi connectivity index (χ2v) is 4.45. The fourth-order valence-corrected chi connectivity index (χ4v) is 2.37. The molecule has 3 heterocycles. The van der Waals surface area contributed by atoms with Gasteiger partial charge in [0.1, 0.15) is 5.82 Å². The number of nitrogens with one attached hydrogen (secondary N) is 1. The maximum atomic E-state index is 5.36. The molecule has 0 spiro atoms. The van der Waals surface area contributed by atoms with Crippen molar-refractivity contribution in [3.8, 4) is 0 Å². The third-order valence-electron chi connectivity index (χ3n) is 3.41. The van der Waals surface area contributed by atoms with E-state index in [4.69, 9.17) is 9.72 Å². The summed E-state index contributed by atoms with van der Waals surface area (Å²) in [6.07, 6.45) is 0. The van der Waals surface area contributed by atoms with Crippen LogP contribution in [0, 0.1) is 0 Å². The minimum absolute atomic E-state index is 0.807. The van der Waals surface area contributed by atoms with Gasteiger partial charge in [-0.15, -0.1) is 0 Å². The van der Waals surface area contributed by atoms with Crippen LogP contribution in [-0.2, 0) is 17.8 Å². The summed E-state index contributed by atoms with van der Waals surface area (Å²) in [5, 5.41) is 2.17. The number of nitrogens with zero attached hydrogens (tertiary/aromatic N) is 3. The summed E-state index contributed by atoms with van der Waals surface area (Å²) in [7, 11) is 1.95. The van der Waals surface area contributed by atoms with Crippen molar-refractivity contribution in [2.24, 2.45) is 0 Å². The molecule has 1 N–H and O–H groups in total. The van der Waals surface area contributed by atoms with Gasteiger partial charge in [-0.25, -0.2) is 9.99 Å². The maximum absolute atomic E-state index is 5.36. The summed E-state index contributed by atoms with van der Waals surface area (Å²) >= 11 is 0. The number of morpholine rings is 1. The summed E-state index contributed by atoms with van der Waals surface area (Å²) in [6, 6.07) is 4.33. The van der Waals surface area contributed by atoms with Crippen molar-refractivity contribution >= 4 is 5.82 Å². The van der Waals surface area contributed by atoms with Gasteiger partial charge < -0.3 is 9.64 Å². The normalized spacial score (nSPS) is 18.8. The third-order valence-corrected chi connectivity index (χ3v) is 3.41. The lowest BCUT2D eigenvalue weighted by molar-refractivity contribution is 0.122. The number of ether oxygens (including phenoxy) is 1. The van der Waals surface area contributed by atoms with Gasteiger partial charge in [0.15, 0.2) is 0 Å². The third kappa shape index (κ3) is 3.23. The average molecular weight is 264 g/mol. The van der Waals surface area contributed by atoms with Crippen LogP contribution in [0.25, 0.3) is 0 Å². The maximum Gasteiger partial charge on any atom is 0.129 e. The second kappa shape index (κ2) is 6.84. The van der Waals surface area contributed by atoms with E-state index in [-0.39, 0.29) is 0 Å². The molecular weight excluding hydrogens is 240 g/mol. The second-order valence-electron chi connectivity index (χ2n) is 4.45. The Kier molecular flexibility index (Phi) is 5.13. The Morgan fingerprint density at radius 3 is 2.58 bits per heavy atom. The molecule has 19 heavy (non-hydrogen) atoms. The van der Waals surface area contributed by atoms with Crippen LogP contribution in [0.3, 0.4) is 0 Å². The number of anilines is 1. The molecule has 3 rings (SSSR count). The van der Waals surface area contributed by atoms with E-state index in [1.165, 1.54) is 11.3 Å². The molecule has 1 saturated heterocycles. The van der Waals surface area contributed by atoms with Crippen LogP contribution in [0.2, 0.25) is 0 Å². The lowest BCUT2D eigenvalue weighted by Crippen LogP contribution is -2.36. The highest BCUT2D eigenvalue weighted by atomic mass is 16.5. The van der Waals surface area contributed by atoms with Crippen molar-refractivity contribution in [1.82, 2.24) is 15.4 Å². The van der Waals surface area contributed by atoms with Crippen LogP contribution in [0.4, 0.5) is 5.82 Å². The Morgan fingerprint density at radius 1 is 1.16 bits per heavy atom. The number of hydrazine groups is 1. The molecule has 0 unspecified atom stereocenters. The van der Waals surface area contributed by atoms with Gasteiger partial charge in [0.2, 0.25) is 0 Å². The van der Waals surface area contributed by atoms with Crippen LogP contribution < -0.4 is 10.3 Å². The molecule has 1 fully saturated rings. The van der Waals surface area contributed by atoms with Crippen molar-refractivity contribution in [1.29, 1.82) is 0 Å². The standard InChI is InChI=1S/C12H18N4O.C2H6/c1-13-16-8-10-2-3-12(14-11(10)9-16)15-4-6-17-7-5-15;1-2/h2-3,13H,4-9H2,1H3;1-2H3. The number of hydrogen-bond donors (Lipinski definition) is 1. The van der Waals surface area contributed by atoms with Crippen molar-refractivity contribution in [2.45, 2.75) is 26.9 Å². The minimum atomic E-state index is 0.807. The minimum Gasteiger partial charge on any atom is -0.378 e. The summed E-state index contributed by atoms with van der Waals surface area (Å²) in [5.74, 6) is 1.09. The molecule has 2 aliphatic rings. The molecule has 0 saturated carbocycles. The van der Waals surface area contributed by atoms with E-state index < -0.39 is 0 Å². The Hall–Kier alpha value is -1.17. The van der Waals surface area contributed by atoms with Crippen molar-refractivity contribution in [2.75, 3.05) is 38.3 Å². The first kappa shape index (κ1) is 14.2. The zero-order chi connectivity index (χ0) is 13.7. The van der Waals surface area contributed by atoms with Crippen LogP contribution in [0.5, 0.6) is 0 Å². The molecule has 0 radical (unpaired) electrons. The molecule has 5 heteroatoms. The fourth-order valence-electron chi connectivity index (χ4n) is 2.37. The number of rotatable bonds is 2. The Labute approximate surface area is 115 Å². The van der Waals surface area contributed by atoms with Gasteiger partial charge >= 0.3 is 0 Å². The van der Waals surface area contributed by atoms with Crippen molar-refractivity contribution in [3.05, 3.63) is 23.4 Å². The lowest BCUT2D eigenvalue weighted by Gasteiger charge is -2.28. The van der Waals surface area contributed by atoms with E-state index in [1.807, 2.05) is 20.9 Å². The molecule has 0 atom stereocenters. The molecule has 106 valence electrons. The highest BCUT2D eigenvalue weighted by molar-refractivity contribution is 5.43. The zero-order valence-electron chi connectivity index (χ0n) is 12.1. The first-order valence-corrected chi connectivity index (χ1v) is 7.10. The van der Waals surface area contributed by atoms with Gasteiger partial charge in [0.25, 0.3) is 0 Å². The summed E-state index contributed by atoms with van der Waals surface area (Å²) < 4.78 is 5.36. The van der Waals surface area contributed by atoms with E-state index in [0.29, 0.717) is 0 Å². The van der Waals surface area contributed by atoms with Crippen LogP contribution >= 0.6 is 0 Å². The monoisotopic (exact) mass is 264 g/mol. The summed E-state index contributed by atoms with van der Waals surface area (Å²) in [5.41, 5.74) is 5.70. The van der Waals surface area contributed by atoms with E-state index in [0.717, 1.165) is 45.2 Å². The van der Waals surface area contributed by atoms with Crippen molar-refractivity contribution in [3.63, 3.8) is 0 Å². The number of fused-ring (bicyclic) bond motifs is 1. The highest BCUT2D eigenvalue weighted by Gasteiger charge is 2.21. The van der Waals surface area contributed by atoms with Gasteiger partial charge in [-0.05, 0) is 18.7 Å². The average Bonchev–Trinajstić information content (AvgIpc) is 2.92. The van der Waals surface area contributed by atoms with E-state index in [1.54, 1.807) is 0 Å². The van der Waals surface area contributed by atoms with E-state index in [2.05, 4.69) is 27.5 Å². The smallest absolute Gasteiger partial charge is 0.129 e. The predicted octanol–water partition coefficient (Wildman–Crippen LogP) is 1.39. The Balaban J connectivity index is 0.000000637. The number of pyridine rings is 1. The van der Waals surface area contributed by atoms with Crippen LogP contribution in [0.1, 0.15) is 25.1 Å². The molecule has 0 aromatic carbocycles. The van der Waals surface area contributed by atoms with E-state index in [9.17, 15) is 0 Å². The fraction of sp³-hybridized carbons (Fsp3) is 0.643. The molecule has 1 aromatic heterocycles. The predicted molar refractivity (Wildman–Crippen MR) is 76.9 cm³/mol. The first-order valence-electron chi connectivity index (χ1n) is 7.10. The highest BCUT2D eigenvalue weighted by Crippen LogP contribution is 2.23. The molecule has 5 nitrogen and oxygen atoms in total. The number of aromatic nitrogens is 1. The van der Waals surface area contributed by atoms with Gasteiger partial charge in [0, 0.05) is 19.6 Å². The summed E-state index contributed by atoms with van der Waals surface area (Å²) in [6.45, 7) is 9.35. The van der Waals surface area contributed by atoms with Gasteiger partial charge in [0.05, 0.1) is 25.5 Å². The SMILES string of the molecule is CC.CNN1Cc2ccc(N3CCOCC3)nc2C1. The molecule has 2 aliphatic heterocycles. The van der Waals surface area contributed by atoms with Gasteiger partial charge in [-0.2, -0.15) is 0 Å². The molecule has 0 bridgehead atoms. The quantitative estimate of drug-likeness (QED) is 0.874. The molecular formula is C14H24N4O. The number of hydrogen-bond acceptors (Lipinski definition) is 5. The molecule has 0 aliphatic carbocycles. The lowest BCUT2D eigenvalue weighted by atomic mass is 10.2. The topological polar surface area (TPSA) is 40.6 Å². The van der Waals surface area contributed by atoms with Gasteiger partial charge in [-0.1, -0.05) is 19.9 Å². The van der Waals surface area contributed by atoms with E-state index >= 15 is 0 Å². The zero-order valence-corrected chi connectivity index (χ0v) is 12.1. The molecule has 0 amide bonds. The Bertz CT molecular complexity index is 404. The Morgan fingerprint density at radius 2 is 1.89 bits per heavy atom. The molecule has 1 aromatic rings. The largest absolute Gasteiger partial charge is 0.378 e. The van der Waals surface area contributed by atoms with Crippen molar-refractivity contribution < 1.29 is 4.74 Å². The first-order chi connectivity index (χ1) is 9.36. The summed E-state index contributed by atoms with van der Waals surface area (Å²) in [4.78, 5) is 7.06. The van der Waals surface area contributed by atoms with Gasteiger partial charge in [-0.3, -0.25) is 5.43 Å².